The maximum Gasteiger partial charge on any atom is 0.0348 e. The van der Waals surface area contributed by atoms with Crippen molar-refractivity contribution in [3.05, 3.63) is 54.1 Å². The normalized spacial score (nSPS) is 8.70. The summed E-state index contributed by atoms with van der Waals surface area (Å²) in [6.45, 7) is 10.1. The van der Waals surface area contributed by atoms with Gasteiger partial charge in [0.1, 0.15) is 0 Å². The SMILES string of the molecule is CC.CC.CNc1cccc(Sc2cccc(C)c2)c1. The fourth-order valence-corrected chi connectivity index (χ4v) is 2.53. The number of hydrogen-bond donors (Lipinski definition) is 1. The van der Waals surface area contributed by atoms with Gasteiger partial charge in [-0.3, -0.25) is 0 Å². The van der Waals surface area contributed by atoms with Crippen LogP contribution >= 0.6 is 11.8 Å². The summed E-state index contributed by atoms with van der Waals surface area (Å²) in [6.07, 6.45) is 0. The minimum atomic E-state index is 1.15. The van der Waals surface area contributed by atoms with Gasteiger partial charge in [0.2, 0.25) is 0 Å². The van der Waals surface area contributed by atoms with Crippen LogP contribution in [0.15, 0.2) is 58.3 Å². The fraction of sp³-hybridized carbons (Fsp3) is 0.333. The predicted octanol–water partition coefficient (Wildman–Crippen LogP) is 6.24. The molecule has 0 aliphatic heterocycles. The minimum absolute atomic E-state index is 1.15. The highest BCUT2D eigenvalue weighted by Crippen LogP contribution is 2.29. The lowest BCUT2D eigenvalue weighted by molar-refractivity contribution is 1.34. The molecule has 0 unspecified atom stereocenters. The molecule has 0 saturated carbocycles. The van der Waals surface area contributed by atoms with E-state index in [9.17, 15) is 0 Å². The van der Waals surface area contributed by atoms with E-state index in [1.807, 2.05) is 34.7 Å². The maximum atomic E-state index is 3.15. The third-order valence-electron chi connectivity index (χ3n) is 2.35. The number of benzene rings is 2. The van der Waals surface area contributed by atoms with Gasteiger partial charge in [-0.25, -0.2) is 0 Å². The summed E-state index contributed by atoms with van der Waals surface area (Å²) in [5.74, 6) is 0. The van der Waals surface area contributed by atoms with Crippen molar-refractivity contribution in [2.24, 2.45) is 0 Å². The van der Waals surface area contributed by atoms with Crippen molar-refractivity contribution in [1.82, 2.24) is 0 Å². The molecule has 0 heterocycles. The lowest BCUT2D eigenvalue weighted by Gasteiger charge is -2.05. The lowest BCUT2D eigenvalue weighted by atomic mass is 10.2. The van der Waals surface area contributed by atoms with E-state index >= 15 is 0 Å². The summed E-state index contributed by atoms with van der Waals surface area (Å²) >= 11 is 1.79. The van der Waals surface area contributed by atoms with Gasteiger partial charge in [0.15, 0.2) is 0 Å². The van der Waals surface area contributed by atoms with Crippen molar-refractivity contribution in [2.75, 3.05) is 12.4 Å². The molecule has 1 N–H and O–H groups in total. The summed E-state index contributed by atoms with van der Waals surface area (Å²) in [6, 6.07) is 17.0. The van der Waals surface area contributed by atoms with E-state index in [1.165, 1.54) is 15.4 Å². The smallest absolute Gasteiger partial charge is 0.0348 e. The first-order chi connectivity index (χ1) is 9.78. The molecule has 0 bridgehead atoms. The Morgan fingerprint density at radius 1 is 0.800 bits per heavy atom. The van der Waals surface area contributed by atoms with Crippen molar-refractivity contribution in [3.8, 4) is 0 Å². The molecule has 0 spiro atoms. The van der Waals surface area contributed by atoms with E-state index in [-0.39, 0.29) is 0 Å². The zero-order valence-electron chi connectivity index (χ0n) is 13.5. The Balaban J connectivity index is 0.000000829. The van der Waals surface area contributed by atoms with Gasteiger partial charge < -0.3 is 5.32 Å². The Morgan fingerprint density at radius 2 is 1.35 bits per heavy atom. The van der Waals surface area contributed by atoms with Crippen LogP contribution in [-0.2, 0) is 0 Å². The maximum absolute atomic E-state index is 3.15. The molecule has 0 atom stereocenters. The summed E-state index contributed by atoms with van der Waals surface area (Å²) in [5, 5.41) is 3.15. The number of rotatable bonds is 3. The van der Waals surface area contributed by atoms with Crippen LogP contribution in [0, 0.1) is 6.92 Å². The molecule has 0 amide bonds. The monoisotopic (exact) mass is 289 g/mol. The second-order valence-electron chi connectivity index (χ2n) is 3.70. The highest BCUT2D eigenvalue weighted by molar-refractivity contribution is 7.99. The highest BCUT2D eigenvalue weighted by Gasteiger charge is 1.98. The van der Waals surface area contributed by atoms with Gasteiger partial charge in [0.05, 0.1) is 0 Å². The zero-order valence-corrected chi connectivity index (χ0v) is 14.3. The molecule has 2 aromatic rings. The molecule has 0 radical (unpaired) electrons. The van der Waals surface area contributed by atoms with Gasteiger partial charge in [-0.2, -0.15) is 0 Å². The van der Waals surface area contributed by atoms with Crippen LogP contribution in [0.25, 0.3) is 0 Å². The van der Waals surface area contributed by atoms with Crippen molar-refractivity contribution in [3.63, 3.8) is 0 Å². The topological polar surface area (TPSA) is 12.0 Å². The highest BCUT2D eigenvalue weighted by atomic mass is 32.2. The van der Waals surface area contributed by atoms with Crippen molar-refractivity contribution >= 4 is 17.4 Å². The van der Waals surface area contributed by atoms with Crippen LogP contribution in [0.4, 0.5) is 5.69 Å². The first-order valence-corrected chi connectivity index (χ1v) is 8.12. The third kappa shape index (κ3) is 6.67. The molecule has 0 fully saturated rings. The van der Waals surface area contributed by atoms with Crippen molar-refractivity contribution in [1.29, 1.82) is 0 Å². The molecule has 2 aromatic carbocycles. The second kappa shape index (κ2) is 11.4. The van der Waals surface area contributed by atoms with Gasteiger partial charge in [-0.05, 0) is 37.3 Å². The molecule has 0 aromatic heterocycles. The summed E-state index contributed by atoms with van der Waals surface area (Å²) in [5.41, 5.74) is 2.45. The molecule has 2 heteroatoms. The first-order valence-electron chi connectivity index (χ1n) is 7.30. The Labute approximate surface area is 128 Å². The quantitative estimate of drug-likeness (QED) is 0.717. The van der Waals surface area contributed by atoms with Crippen LogP contribution < -0.4 is 5.32 Å². The number of nitrogens with one attached hydrogen (secondary N) is 1. The summed E-state index contributed by atoms with van der Waals surface area (Å²) in [7, 11) is 1.94. The van der Waals surface area contributed by atoms with E-state index in [4.69, 9.17) is 0 Å². The van der Waals surface area contributed by atoms with Crippen LogP contribution in [0.2, 0.25) is 0 Å². The van der Waals surface area contributed by atoms with Crippen LogP contribution in [0.5, 0.6) is 0 Å². The van der Waals surface area contributed by atoms with Crippen LogP contribution in [-0.4, -0.2) is 7.05 Å². The summed E-state index contributed by atoms with van der Waals surface area (Å²) < 4.78 is 0. The Morgan fingerprint density at radius 3 is 1.90 bits per heavy atom. The average Bonchev–Trinajstić information content (AvgIpc) is 2.51. The van der Waals surface area contributed by atoms with Crippen molar-refractivity contribution < 1.29 is 0 Å². The number of hydrogen-bond acceptors (Lipinski definition) is 2. The second-order valence-corrected chi connectivity index (χ2v) is 4.84. The average molecular weight is 289 g/mol. The van der Waals surface area contributed by atoms with Gasteiger partial charge in [0, 0.05) is 22.5 Å². The fourth-order valence-electron chi connectivity index (χ4n) is 1.53. The van der Waals surface area contributed by atoms with Gasteiger partial charge >= 0.3 is 0 Å². The molecule has 2 rings (SSSR count). The first kappa shape index (κ1) is 18.6. The Kier molecular flexibility index (Phi) is 10.6. The molecule has 110 valence electrons. The molecule has 20 heavy (non-hydrogen) atoms. The standard InChI is InChI=1S/C14H15NS.2C2H6/c1-11-5-3-7-13(9-11)16-14-8-4-6-12(10-14)15-2;2*1-2/h3-10,15H,1-2H3;2*1-2H3. The van der Waals surface area contributed by atoms with E-state index in [2.05, 4.69) is 60.8 Å². The number of anilines is 1. The number of aryl methyl sites for hydroxylation is 1. The molecular weight excluding hydrogens is 262 g/mol. The lowest BCUT2D eigenvalue weighted by Crippen LogP contribution is -1.86. The Bertz CT molecular complexity index is 480. The molecular formula is C18H27NS. The predicted molar refractivity (Wildman–Crippen MR) is 94.0 cm³/mol. The molecule has 1 nitrogen and oxygen atoms in total. The van der Waals surface area contributed by atoms with E-state index in [1.54, 1.807) is 11.8 Å². The van der Waals surface area contributed by atoms with Gasteiger partial charge in [-0.1, -0.05) is 63.2 Å². The van der Waals surface area contributed by atoms with Gasteiger partial charge in [0.25, 0.3) is 0 Å². The zero-order chi connectivity index (χ0) is 15.4. The van der Waals surface area contributed by atoms with Crippen LogP contribution in [0.3, 0.4) is 0 Å². The van der Waals surface area contributed by atoms with E-state index < -0.39 is 0 Å². The molecule has 0 saturated heterocycles. The van der Waals surface area contributed by atoms with E-state index in [0.29, 0.717) is 0 Å². The minimum Gasteiger partial charge on any atom is -0.388 e. The third-order valence-corrected chi connectivity index (χ3v) is 3.33. The largest absolute Gasteiger partial charge is 0.388 e. The van der Waals surface area contributed by atoms with Gasteiger partial charge in [-0.15, -0.1) is 0 Å². The molecule has 0 aliphatic rings. The van der Waals surface area contributed by atoms with Crippen molar-refractivity contribution in [2.45, 2.75) is 44.4 Å². The van der Waals surface area contributed by atoms with Crippen LogP contribution in [0.1, 0.15) is 33.3 Å². The Hall–Kier alpha value is -1.41. The summed E-state index contributed by atoms with van der Waals surface area (Å²) in [4.78, 5) is 2.55. The molecule has 0 aliphatic carbocycles. The van der Waals surface area contributed by atoms with E-state index in [0.717, 1.165) is 5.69 Å².